The lowest BCUT2D eigenvalue weighted by atomic mass is 9.98. The molecule has 2 N–H and O–H groups in total. The predicted molar refractivity (Wildman–Crippen MR) is 110 cm³/mol. The van der Waals surface area contributed by atoms with Gasteiger partial charge in [-0.15, -0.1) is 0 Å². The van der Waals surface area contributed by atoms with Gasteiger partial charge in [0.05, 0.1) is 11.3 Å². The van der Waals surface area contributed by atoms with Crippen LogP contribution in [0.5, 0.6) is 0 Å². The van der Waals surface area contributed by atoms with E-state index in [1.807, 2.05) is 48.7 Å². The second-order valence-electron chi connectivity index (χ2n) is 7.40. The van der Waals surface area contributed by atoms with Crippen LogP contribution in [0.25, 0.3) is 10.9 Å². The first-order valence-electron chi connectivity index (χ1n) is 9.75. The molecule has 1 aliphatic rings. The number of nitrogens with two attached hydrogens (primary N) is 1. The zero-order valence-electron chi connectivity index (χ0n) is 15.6. The molecule has 0 unspecified atom stereocenters. The van der Waals surface area contributed by atoms with E-state index in [1.54, 1.807) is 0 Å². The van der Waals surface area contributed by atoms with Gasteiger partial charge in [0.15, 0.2) is 0 Å². The Morgan fingerprint density at radius 1 is 1.00 bits per heavy atom. The third-order valence-electron chi connectivity index (χ3n) is 5.63. The SMILES string of the molecule is Nc1c2c(nn1C(=O)c1cccc3c1ccn3Cc1ccccc1)CCCC2. The molecule has 4 aromatic rings. The van der Waals surface area contributed by atoms with E-state index in [2.05, 4.69) is 21.8 Å². The molecule has 2 heterocycles. The highest BCUT2D eigenvalue weighted by Gasteiger charge is 2.24. The number of carbonyl (C=O) groups excluding carboxylic acids is 1. The highest BCUT2D eigenvalue weighted by Crippen LogP contribution is 2.28. The summed E-state index contributed by atoms with van der Waals surface area (Å²) in [5.74, 6) is 0.343. The Labute approximate surface area is 163 Å². The Balaban J connectivity index is 1.55. The van der Waals surface area contributed by atoms with Crippen LogP contribution in [-0.4, -0.2) is 20.3 Å². The van der Waals surface area contributed by atoms with Crippen molar-refractivity contribution in [1.82, 2.24) is 14.3 Å². The van der Waals surface area contributed by atoms with Crippen LogP contribution < -0.4 is 5.73 Å². The highest BCUT2D eigenvalue weighted by molar-refractivity contribution is 6.08. The average Bonchev–Trinajstić information content (AvgIpc) is 3.30. The van der Waals surface area contributed by atoms with E-state index in [0.29, 0.717) is 11.4 Å². The van der Waals surface area contributed by atoms with Gasteiger partial charge in [0.1, 0.15) is 5.82 Å². The number of hydrogen-bond acceptors (Lipinski definition) is 3. The molecule has 0 amide bonds. The minimum absolute atomic E-state index is 0.157. The van der Waals surface area contributed by atoms with E-state index in [4.69, 9.17) is 5.73 Å². The molecule has 0 saturated carbocycles. The molecule has 28 heavy (non-hydrogen) atoms. The highest BCUT2D eigenvalue weighted by atomic mass is 16.2. The van der Waals surface area contributed by atoms with Crippen molar-refractivity contribution < 1.29 is 4.79 Å². The molecule has 5 heteroatoms. The molecule has 0 spiro atoms. The van der Waals surface area contributed by atoms with Gasteiger partial charge >= 0.3 is 0 Å². The molecule has 2 aromatic carbocycles. The fourth-order valence-corrected chi connectivity index (χ4v) is 4.17. The number of aryl methyl sites for hydroxylation is 1. The Morgan fingerprint density at radius 2 is 1.82 bits per heavy atom. The number of hydrogen-bond donors (Lipinski definition) is 1. The van der Waals surface area contributed by atoms with Crippen LogP contribution >= 0.6 is 0 Å². The van der Waals surface area contributed by atoms with E-state index in [0.717, 1.165) is 54.4 Å². The summed E-state index contributed by atoms with van der Waals surface area (Å²) in [5.41, 5.74) is 11.2. The van der Waals surface area contributed by atoms with E-state index < -0.39 is 0 Å². The Morgan fingerprint density at radius 3 is 2.64 bits per heavy atom. The van der Waals surface area contributed by atoms with Crippen LogP contribution in [-0.2, 0) is 19.4 Å². The summed E-state index contributed by atoms with van der Waals surface area (Å²) < 4.78 is 3.57. The maximum Gasteiger partial charge on any atom is 0.280 e. The topological polar surface area (TPSA) is 65.8 Å². The van der Waals surface area contributed by atoms with Crippen LogP contribution in [0.4, 0.5) is 5.82 Å². The number of fused-ring (bicyclic) bond motifs is 2. The van der Waals surface area contributed by atoms with Crippen molar-refractivity contribution in [3.05, 3.63) is 83.2 Å². The average molecular weight is 370 g/mol. The molecular weight excluding hydrogens is 348 g/mol. The summed E-state index contributed by atoms with van der Waals surface area (Å²) in [6.45, 7) is 0.764. The minimum atomic E-state index is -0.157. The van der Waals surface area contributed by atoms with Crippen molar-refractivity contribution in [1.29, 1.82) is 0 Å². The molecule has 2 aromatic heterocycles. The van der Waals surface area contributed by atoms with Gasteiger partial charge in [0, 0.05) is 29.2 Å². The molecule has 0 bridgehead atoms. The summed E-state index contributed by atoms with van der Waals surface area (Å²) in [5, 5.41) is 5.47. The quantitative estimate of drug-likeness (QED) is 0.592. The number of rotatable bonds is 3. The molecular formula is C23H22N4O. The minimum Gasteiger partial charge on any atom is -0.383 e. The fraction of sp³-hybridized carbons (Fsp3) is 0.217. The standard InChI is InChI=1S/C23H22N4O/c24-22-19-9-4-5-11-20(19)25-27(22)23(28)18-10-6-12-21-17(18)13-14-26(21)15-16-7-2-1-3-8-16/h1-3,6-8,10,12-14H,4-5,9,11,15,24H2. The third kappa shape index (κ3) is 2.71. The largest absolute Gasteiger partial charge is 0.383 e. The van der Waals surface area contributed by atoms with E-state index in [9.17, 15) is 4.79 Å². The van der Waals surface area contributed by atoms with Gasteiger partial charge in [0.25, 0.3) is 5.91 Å². The molecule has 0 aliphatic heterocycles. The Hall–Kier alpha value is -3.34. The lowest BCUT2D eigenvalue weighted by molar-refractivity contribution is 0.0949. The van der Waals surface area contributed by atoms with Gasteiger partial charge in [-0.05, 0) is 49.4 Å². The lowest BCUT2D eigenvalue weighted by Crippen LogP contribution is -2.16. The molecule has 5 rings (SSSR count). The maximum atomic E-state index is 13.3. The predicted octanol–water partition coefficient (Wildman–Crippen LogP) is 4.04. The number of nitrogen functional groups attached to an aromatic ring is 1. The molecule has 0 fully saturated rings. The summed E-state index contributed by atoms with van der Waals surface area (Å²) in [6, 6.07) is 18.1. The number of benzene rings is 2. The van der Waals surface area contributed by atoms with Gasteiger partial charge in [-0.2, -0.15) is 9.78 Å². The first kappa shape index (κ1) is 16.8. The second-order valence-corrected chi connectivity index (χ2v) is 7.40. The van der Waals surface area contributed by atoms with Crippen molar-refractivity contribution in [2.24, 2.45) is 0 Å². The monoisotopic (exact) mass is 370 g/mol. The molecule has 5 nitrogen and oxygen atoms in total. The van der Waals surface area contributed by atoms with Crippen molar-refractivity contribution in [2.45, 2.75) is 32.2 Å². The summed E-state index contributed by atoms with van der Waals surface area (Å²) in [4.78, 5) is 13.3. The lowest BCUT2D eigenvalue weighted by Gasteiger charge is -2.09. The molecule has 0 radical (unpaired) electrons. The van der Waals surface area contributed by atoms with Crippen LogP contribution in [0.2, 0.25) is 0 Å². The Kier molecular flexibility index (Phi) is 4.01. The van der Waals surface area contributed by atoms with Crippen LogP contribution in [0, 0.1) is 0 Å². The van der Waals surface area contributed by atoms with Gasteiger partial charge in [-0.3, -0.25) is 4.79 Å². The normalized spacial score (nSPS) is 13.6. The summed E-state index contributed by atoms with van der Waals surface area (Å²) >= 11 is 0. The molecule has 0 saturated heterocycles. The van der Waals surface area contributed by atoms with Crippen molar-refractivity contribution >= 4 is 22.6 Å². The van der Waals surface area contributed by atoms with Gasteiger partial charge < -0.3 is 10.3 Å². The molecule has 0 atom stereocenters. The van der Waals surface area contributed by atoms with Gasteiger partial charge in [0.2, 0.25) is 0 Å². The number of nitrogens with zero attached hydrogens (tertiary/aromatic N) is 3. The van der Waals surface area contributed by atoms with E-state index in [1.165, 1.54) is 10.2 Å². The molecule has 1 aliphatic carbocycles. The zero-order valence-corrected chi connectivity index (χ0v) is 15.6. The molecule has 140 valence electrons. The van der Waals surface area contributed by atoms with Crippen molar-refractivity contribution in [3.8, 4) is 0 Å². The van der Waals surface area contributed by atoms with E-state index in [-0.39, 0.29) is 5.91 Å². The van der Waals surface area contributed by atoms with Gasteiger partial charge in [-0.25, -0.2) is 0 Å². The third-order valence-corrected chi connectivity index (χ3v) is 5.63. The van der Waals surface area contributed by atoms with Crippen LogP contribution in [0.1, 0.15) is 40.0 Å². The number of aromatic nitrogens is 3. The zero-order chi connectivity index (χ0) is 19.1. The van der Waals surface area contributed by atoms with E-state index >= 15 is 0 Å². The number of anilines is 1. The number of carbonyl (C=O) groups is 1. The maximum absolute atomic E-state index is 13.3. The first-order chi connectivity index (χ1) is 13.7. The van der Waals surface area contributed by atoms with Crippen molar-refractivity contribution in [2.75, 3.05) is 5.73 Å². The summed E-state index contributed by atoms with van der Waals surface area (Å²) in [7, 11) is 0. The van der Waals surface area contributed by atoms with Gasteiger partial charge in [-0.1, -0.05) is 36.4 Å². The Bertz CT molecular complexity index is 1170. The van der Waals surface area contributed by atoms with Crippen LogP contribution in [0.3, 0.4) is 0 Å². The second kappa shape index (κ2) is 6.68. The van der Waals surface area contributed by atoms with Crippen molar-refractivity contribution in [3.63, 3.8) is 0 Å². The fourth-order valence-electron chi connectivity index (χ4n) is 4.17. The van der Waals surface area contributed by atoms with Crippen LogP contribution in [0.15, 0.2) is 60.8 Å². The summed E-state index contributed by atoms with van der Waals surface area (Å²) in [6.07, 6.45) is 6.06. The first-order valence-corrected chi connectivity index (χ1v) is 9.75. The smallest absolute Gasteiger partial charge is 0.280 e.